The zero-order valence-electron chi connectivity index (χ0n) is 15.1. The Morgan fingerprint density at radius 1 is 1.33 bits per heavy atom. The maximum atomic E-state index is 14.7. The summed E-state index contributed by atoms with van der Waals surface area (Å²) >= 11 is 0. The van der Waals surface area contributed by atoms with E-state index in [1.165, 1.54) is 10.9 Å². The monoisotopic (exact) mass is 373 g/mol. The van der Waals surface area contributed by atoms with Crippen LogP contribution in [0.5, 0.6) is 0 Å². The van der Waals surface area contributed by atoms with Crippen molar-refractivity contribution in [2.45, 2.75) is 26.9 Å². The molecule has 2 heterocycles. The number of aryl methyl sites for hydroxylation is 1. The summed E-state index contributed by atoms with van der Waals surface area (Å²) in [6.07, 6.45) is 3.08. The number of carbonyl (C=O) groups is 1. The van der Waals surface area contributed by atoms with E-state index in [2.05, 4.69) is 5.10 Å². The van der Waals surface area contributed by atoms with Crippen molar-refractivity contribution in [2.75, 3.05) is 13.2 Å². The highest BCUT2D eigenvalue weighted by molar-refractivity contribution is 5.94. The van der Waals surface area contributed by atoms with E-state index in [1.807, 2.05) is 6.92 Å². The first-order valence-electron chi connectivity index (χ1n) is 8.68. The third-order valence-electron chi connectivity index (χ3n) is 4.25. The van der Waals surface area contributed by atoms with E-state index in [-0.39, 0.29) is 29.7 Å². The van der Waals surface area contributed by atoms with Crippen molar-refractivity contribution < 1.29 is 19.0 Å². The molecule has 0 aliphatic rings. The van der Waals surface area contributed by atoms with Gasteiger partial charge in [-0.2, -0.15) is 5.10 Å². The van der Waals surface area contributed by atoms with E-state index in [0.29, 0.717) is 24.3 Å². The van der Waals surface area contributed by atoms with Gasteiger partial charge in [-0.05, 0) is 32.0 Å². The van der Waals surface area contributed by atoms with Crippen LogP contribution in [0, 0.1) is 5.82 Å². The summed E-state index contributed by atoms with van der Waals surface area (Å²) in [5, 5.41) is 13.3. The zero-order valence-corrected chi connectivity index (χ0v) is 15.1. The van der Waals surface area contributed by atoms with E-state index >= 15 is 0 Å². The van der Waals surface area contributed by atoms with Crippen LogP contribution in [0.25, 0.3) is 22.2 Å². The van der Waals surface area contributed by atoms with Gasteiger partial charge in [-0.1, -0.05) is 0 Å². The minimum absolute atomic E-state index is 0.0761. The predicted molar refractivity (Wildman–Crippen MR) is 98.1 cm³/mol. The molecule has 0 unspecified atom stereocenters. The summed E-state index contributed by atoms with van der Waals surface area (Å²) in [5.74, 6) is -1.34. The van der Waals surface area contributed by atoms with Gasteiger partial charge in [-0.25, -0.2) is 9.18 Å². The smallest absolute Gasteiger partial charge is 0.343 e. The molecule has 0 aliphatic carbocycles. The Bertz CT molecular complexity index is 1060. The van der Waals surface area contributed by atoms with Crippen LogP contribution in [0.3, 0.4) is 0 Å². The van der Waals surface area contributed by atoms with Crippen molar-refractivity contribution in [3.63, 3.8) is 0 Å². The molecule has 0 radical (unpaired) electrons. The number of fused-ring (bicyclic) bond motifs is 1. The number of benzene rings is 1. The zero-order chi connectivity index (χ0) is 19.6. The second-order valence-corrected chi connectivity index (χ2v) is 5.92. The number of aliphatic hydroxyl groups is 1. The van der Waals surface area contributed by atoms with Crippen molar-refractivity contribution in [3.05, 3.63) is 52.2 Å². The molecule has 0 saturated carbocycles. The average Bonchev–Trinajstić information content (AvgIpc) is 3.11. The number of nitrogens with zero attached hydrogens (tertiary/aromatic N) is 3. The first-order chi connectivity index (χ1) is 13.0. The lowest BCUT2D eigenvalue weighted by Gasteiger charge is -2.13. The Kier molecular flexibility index (Phi) is 5.36. The van der Waals surface area contributed by atoms with Gasteiger partial charge in [0.2, 0.25) is 5.43 Å². The van der Waals surface area contributed by atoms with Gasteiger partial charge in [0.15, 0.2) is 0 Å². The number of halogens is 1. The molecular formula is C19H20FN3O4. The number of carbonyl (C=O) groups excluding carboxylic acids is 1. The SMILES string of the molecule is CCOC(=O)c1cn(CC)c2cc(-c3ccn(CCO)n3)c(F)cc2c1=O. The van der Waals surface area contributed by atoms with E-state index < -0.39 is 17.2 Å². The maximum absolute atomic E-state index is 14.7. The maximum Gasteiger partial charge on any atom is 0.343 e. The molecule has 1 aromatic carbocycles. The number of aromatic nitrogens is 3. The van der Waals surface area contributed by atoms with Crippen molar-refractivity contribution >= 4 is 16.9 Å². The number of pyridine rings is 1. The summed E-state index contributed by atoms with van der Waals surface area (Å²) < 4.78 is 22.9. The topological polar surface area (TPSA) is 86.3 Å². The Balaban J connectivity index is 2.20. The third kappa shape index (κ3) is 3.48. The molecule has 0 atom stereocenters. The molecule has 0 bridgehead atoms. The third-order valence-corrected chi connectivity index (χ3v) is 4.25. The molecule has 2 aromatic heterocycles. The second kappa shape index (κ2) is 7.71. The van der Waals surface area contributed by atoms with Gasteiger partial charge in [-0.15, -0.1) is 0 Å². The molecule has 3 aromatic rings. The summed E-state index contributed by atoms with van der Waals surface area (Å²) in [6.45, 7) is 4.36. The predicted octanol–water partition coefficient (Wildman–Crippen LogP) is 2.19. The Morgan fingerprint density at radius 2 is 2.11 bits per heavy atom. The van der Waals surface area contributed by atoms with Gasteiger partial charge in [-0.3, -0.25) is 9.48 Å². The molecule has 142 valence electrons. The van der Waals surface area contributed by atoms with Crippen LogP contribution < -0.4 is 5.43 Å². The number of rotatable bonds is 6. The highest BCUT2D eigenvalue weighted by Gasteiger charge is 2.19. The molecule has 0 aliphatic heterocycles. The summed E-state index contributed by atoms with van der Waals surface area (Å²) in [6, 6.07) is 4.32. The molecule has 27 heavy (non-hydrogen) atoms. The normalized spacial score (nSPS) is 11.1. The largest absolute Gasteiger partial charge is 0.462 e. The van der Waals surface area contributed by atoms with E-state index in [1.54, 1.807) is 29.8 Å². The summed E-state index contributed by atoms with van der Waals surface area (Å²) in [7, 11) is 0. The van der Waals surface area contributed by atoms with Crippen molar-refractivity contribution in [2.24, 2.45) is 0 Å². The number of hydrogen-bond acceptors (Lipinski definition) is 5. The fraction of sp³-hybridized carbons (Fsp3) is 0.316. The molecule has 7 nitrogen and oxygen atoms in total. The van der Waals surface area contributed by atoms with Crippen LogP contribution in [-0.2, 0) is 17.8 Å². The number of ether oxygens (including phenoxy) is 1. The molecule has 0 fully saturated rings. The van der Waals surface area contributed by atoms with E-state index in [4.69, 9.17) is 9.84 Å². The van der Waals surface area contributed by atoms with Gasteiger partial charge < -0.3 is 14.4 Å². The lowest BCUT2D eigenvalue weighted by atomic mass is 10.1. The number of aliphatic hydroxyl groups excluding tert-OH is 1. The van der Waals surface area contributed by atoms with Crippen LogP contribution in [0.4, 0.5) is 4.39 Å². The highest BCUT2D eigenvalue weighted by atomic mass is 19.1. The lowest BCUT2D eigenvalue weighted by molar-refractivity contribution is 0.0524. The summed E-state index contributed by atoms with van der Waals surface area (Å²) in [5.41, 5.74) is 0.454. The van der Waals surface area contributed by atoms with E-state index in [0.717, 1.165) is 6.07 Å². The Morgan fingerprint density at radius 3 is 2.78 bits per heavy atom. The van der Waals surface area contributed by atoms with E-state index in [9.17, 15) is 14.0 Å². The molecule has 0 spiro atoms. The van der Waals surface area contributed by atoms with Crippen LogP contribution in [0.2, 0.25) is 0 Å². The highest BCUT2D eigenvalue weighted by Crippen LogP contribution is 2.26. The first kappa shape index (κ1) is 18.8. The van der Waals surface area contributed by atoms with Gasteiger partial charge in [0.05, 0.1) is 31.0 Å². The standard InChI is InChI=1S/C19H20FN3O4/c1-3-22-11-14(19(26)27-4-2)18(25)13-9-15(20)12(10-17(13)22)16-5-6-23(21-16)7-8-24/h5-6,9-11,24H,3-4,7-8H2,1-2H3. The lowest BCUT2D eigenvalue weighted by Crippen LogP contribution is -2.21. The van der Waals surface area contributed by atoms with Gasteiger partial charge in [0.25, 0.3) is 0 Å². The minimum atomic E-state index is -0.723. The van der Waals surface area contributed by atoms with Crippen molar-refractivity contribution in [1.29, 1.82) is 0 Å². The number of hydrogen-bond donors (Lipinski definition) is 1. The van der Waals surface area contributed by atoms with Crippen LogP contribution in [0.15, 0.2) is 35.4 Å². The molecule has 0 amide bonds. The summed E-state index contributed by atoms with van der Waals surface area (Å²) in [4.78, 5) is 24.7. The van der Waals surface area contributed by atoms with Crippen molar-refractivity contribution in [3.8, 4) is 11.3 Å². The Hall–Kier alpha value is -3.00. The Labute approximate surface area is 154 Å². The van der Waals surface area contributed by atoms with Crippen LogP contribution >= 0.6 is 0 Å². The van der Waals surface area contributed by atoms with Crippen LogP contribution in [0.1, 0.15) is 24.2 Å². The minimum Gasteiger partial charge on any atom is -0.462 e. The van der Waals surface area contributed by atoms with Gasteiger partial charge >= 0.3 is 5.97 Å². The molecule has 0 saturated heterocycles. The molecule has 3 rings (SSSR count). The van der Waals surface area contributed by atoms with Crippen molar-refractivity contribution in [1.82, 2.24) is 14.3 Å². The average molecular weight is 373 g/mol. The first-order valence-corrected chi connectivity index (χ1v) is 8.68. The second-order valence-electron chi connectivity index (χ2n) is 5.92. The molecular weight excluding hydrogens is 353 g/mol. The van der Waals surface area contributed by atoms with Crippen LogP contribution in [-0.4, -0.2) is 38.6 Å². The quantitative estimate of drug-likeness (QED) is 0.670. The molecule has 1 N–H and O–H groups in total. The van der Waals surface area contributed by atoms with Gasteiger partial charge in [0.1, 0.15) is 11.4 Å². The molecule has 8 heteroatoms. The number of esters is 1. The fourth-order valence-electron chi connectivity index (χ4n) is 2.95. The van der Waals surface area contributed by atoms with Gasteiger partial charge in [0, 0.05) is 29.9 Å². The fourth-order valence-corrected chi connectivity index (χ4v) is 2.95.